The second kappa shape index (κ2) is 7.38. The van der Waals surface area contributed by atoms with Crippen LogP contribution in [-0.4, -0.2) is 60.8 Å². The van der Waals surface area contributed by atoms with Gasteiger partial charge in [0.25, 0.3) is 5.91 Å². The van der Waals surface area contributed by atoms with Crippen LogP contribution in [0.5, 0.6) is 0 Å². The van der Waals surface area contributed by atoms with Crippen LogP contribution in [0.2, 0.25) is 0 Å². The molecule has 1 aromatic rings. The number of carbonyl (C=O) groups is 2. The van der Waals surface area contributed by atoms with Gasteiger partial charge >= 0.3 is 0 Å². The van der Waals surface area contributed by atoms with Crippen molar-refractivity contribution in [3.05, 3.63) is 35.4 Å². The monoisotopic (exact) mass is 306 g/mol. The van der Waals surface area contributed by atoms with Crippen molar-refractivity contribution in [3.8, 4) is 0 Å². The maximum Gasteiger partial charge on any atom is 0.251 e. The van der Waals surface area contributed by atoms with Crippen LogP contribution in [0.15, 0.2) is 24.3 Å². The molecule has 0 saturated carbocycles. The highest BCUT2D eigenvalue weighted by molar-refractivity contribution is 5.94. The molecule has 0 aliphatic carbocycles. The first-order valence-electron chi connectivity index (χ1n) is 7.35. The van der Waals surface area contributed by atoms with E-state index < -0.39 is 6.10 Å². The van der Waals surface area contributed by atoms with Crippen LogP contribution in [0.4, 0.5) is 0 Å². The van der Waals surface area contributed by atoms with Gasteiger partial charge in [-0.05, 0) is 19.1 Å². The lowest BCUT2D eigenvalue weighted by Gasteiger charge is -2.25. The van der Waals surface area contributed by atoms with Gasteiger partial charge in [-0.3, -0.25) is 9.59 Å². The number of hydrogen-bond acceptors (Lipinski definition) is 4. The van der Waals surface area contributed by atoms with E-state index >= 15 is 0 Å². The molecule has 1 fully saturated rings. The summed E-state index contributed by atoms with van der Waals surface area (Å²) in [7, 11) is 1.65. The fraction of sp³-hybridized carbons (Fsp3) is 0.500. The number of hydrogen-bond donors (Lipinski definition) is 2. The summed E-state index contributed by atoms with van der Waals surface area (Å²) in [5.41, 5.74) is 1.66. The standard InChI is InChI=1S/C16H22N2O4/c1-11-3-5-12(6-4-11)16(21)17-8-7-15(20)18(2)13-9-22-10-14(13)19/h3-6,13-14,19H,7-10H2,1-2H3,(H,17,21). The average Bonchev–Trinajstić information content (AvgIpc) is 2.93. The molecular weight excluding hydrogens is 284 g/mol. The number of amides is 2. The van der Waals surface area contributed by atoms with Crippen molar-refractivity contribution < 1.29 is 19.4 Å². The smallest absolute Gasteiger partial charge is 0.251 e. The zero-order valence-electron chi connectivity index (χ0n) is 12.9. The first-order valence-corrected chi connectivity index (χ1v) is 7.35. The molecule has 0 radical (unpaired) electrons. The van der Waals surface area contributed by atoms with Crippen LogP contribution in [0.3, 0.4) is 0 Å². The maximum atomic E-state index is 12.0. The average molecular weight is 306 g/mol. The van der Waals surface area contributed by atoms with Gasteiger partial charge in [0.1, 0.15) is 0 Å². The number of aryl methyl sites for hydroxylation is 1. The van der Waals surface area contributed by atoms with Crippen molar-refractivity contribution in [2.45, 2.75) is 25.5 Å². The molecular formula is C16H22N2O4. The minimum Gasteiger partial charge on any atom is -0.388 e. The highest BCUT2D eigenvalue weighted by atomic mass is 16.5. The van der Waals surface area contributed by atoms with Crippen molar-refractivity contribution in [3.63, 3.8) is 0 Å². The molecule has 2 amide bonds. The van der Waals surface area contributed by atoms with Crippen molar-refractivity contribution in [2.24, 2.45) is 0 Å². The summed E-state index contributed by atoms with van der Waals surface area (Å²) in [4.78, 5) is 25.5. The molecule has 2 N–H and O–H groups in total. The van der Waals surface area contributed by atoms with E-state index in [0.29, 0.717) is 12.2 Å². The molecule has 120 valence electrons. The number of aliphatic hydroxyl groups excluding tert-OH is 1. The Kier molecular flexibility index (Phi) is 5.51. The highest BCUT2D eigenvalue weighted by Crippen LogP contribution is 2.12. The molecule has 2 unspecified atom stereocenters. The zero-order valence-corrected chi connectivity index (χ0v) is 12.9. The Bertz CT molecular complexity index is 529. The Hall–Kier alpha value is -1.92. The number of benzene rings is 1. The molecule has 6 heteroatoms. The van der Waals surface area contributed by atoms with Gasteiger partial charge in [0.2, 0.25) is 5.91 Å². The molecule has 1 heterocycles. The lowest BCUT2D eigenvalue weighted by molar-refractivity contribution is -0.133. The highest BCUT2D eigenvalue weighted by Gasteiger charge is 2.31. The van der Waals surface area contributed by atoms with Crippen molar-refractivity contribution in [1.82, 2.24) is 10.2 Å². The van der Waals surface area contributed by atoms with Gasteiger partial charge < -0.3 is 20.1 Å². The minimum absolute atomic E-state index is 0.126. The number of nitrogens with zero attached hydrogens (tertiary/aromatic N) is 1. The van der Waals surface area contributed by atoms with E-state index in [0.717, 1.165) is 5.56 Å². The van der Waals surface area contributed by atoms with Gasteiger partial charge in [0.05, 0.1) is 25.4 Å². The summed E-state index contributed by atoms with van der Waals surface area (Å²) in [5, 5.41) is 12.4. The first kappa shape index (κ1) is 16.5. The Morgan fingerprint density at radius 1 is 1.32 bits per heavy atom. The summed E-state index contributed by atoms with van der Waals surface area (Å²) < 4.78 is 5.14. The zero-order chi connectivity index (χ0) is 16.1. The quantitative estimate of drug-likeness (QED) is 0.822. The van der Waals surface area contributed by atoms with Gasteiger partial charge in [-0.25, -0.2) is 0 Å². The molecule has 0 spiro atoms. The summed E-state index contributed by atoms with van der Waals surface area (Å²) in [5.74, 6) is -0.321. The Labute approximate surface area is 130 Å². The van der Waals surface area contributed by atoms with Gasteiger partial charge in [-0.15, -0.1) is 0 Å². The number of nitrogens with one attached hydrogen (secondary N) is 1. The minimum atomic E-state index is -0.643. The molecule has 1 aliphatic rings. The lowest BCUT2D eigenvalue weighted by Crippen LogP contribution is -2.44. The molecule has 2 atom stereocenters. The number of likely N-dealkylation sites (N-methyl/N-ethyl adjacent to an activating group) is 1. The summed E-state index contributed by atoms with van der Waals surface area (Å²) in [6.45, 7) is 2.82. The Balaban J connectivity index is 1.76. The molecule has 1 aromatic carbocycles. The van der Waals surface area contributed by atoms with Crippen LogP contribution in [0.25, 0.3) is 0 Å². The van der Waals surface area contributed by atoms with E-state index in [2.05, 4.69) is 5.32 Å². The van der Waals surface area contributed by atoms with Crippen LogP contribution in [-0.2, 0) is 9.53 Å². The summed E-state index contributed by atoms with van der Waals surface area (Å²) >= 11 is 0. The number of rotatable bonds is 5. The molecule has 22 heavy (non-hydrogen) atoms. The topological polar surface area (TPSA) is 78.9 Å². The predicted molar refractivity (Wildman–Crippen MR) is 81.5 cm³/mol. The molecule has 1 aliphatic heterocycles. The second-order valence-corrected chi connectivity index (χ2v) is 5.55. The third-order valence-electron chi connectivity index (χ3n) is 3.85. The van der Waals surface area contributed by atoms with Gasteiger partial charge in [0, 0.05) is 25.6 Å². The van der Waals surface area contributed by atoms with Gasteiger partial charge in [-0.1, -0.05) is 17.7 Å². The van der Waals surface area contributed by atoms with E-state index in [4.69, 9.17) is 4.74 Å². The number of aliphatic hydroxyl groups is 1. The van der Waals surface area contributed by atoms with E-state index in [9.17, 15) is 14.7 Å². The van der Waals surface area contributed by atoms with Gasteiger partial charge in [-0.2, -0.15) is 0 Å². The molecule has 0 aromatic heterocycles. The first-order chi connectivity index (χ1) is 10.5. The number of carbonyl (C=O) groups excluding carboxylic acids is 2. The van der Waals surface area contributed by atoms with E-state index in [1.807, 2.05) is 19.1 Å². The maximum absolute atomic E-state index is 12.0. The fourth-order valence-electron chi connectivity index (χ4n) is 2.35. The van der Waals surface area contributed by atoms with Crippen LogP contribution in [0, 0.1) is 6.92 Å². The largest absolute Gasteiger partial charge is 0.388 e. The Morgan fingerprint density at radius 3 is 2.59 bits per heavy atom. The predicted octanol–water partition coefficient (Wildman–Crippen LogP) is 0.333. The fourth-order valence-corrected chi connectivity index (χ4v) is 2.35. The summed E-state index contributed by atoms with van der Waals surface area (Å²) in [6, 6.07) is 6.95. The van der Waals surface area contributed by atoms with Crippen molar-refractivity contribution >= 4 is 11.8 Å². The van der Waals surface area contributed by atoms with E-state index in [1.165, 1.54) is 4.90 Å². The molecule has 0 bridgehead atoms. The van der Waals surface area contributed by atoms with Crippen LogP contribution < -0.4 is 5.32 Å². The Morgan fingerprint density at radius 2 is 2.00 bits per heavy atom. The third kappa shape index (κ3) is 4.05. The third-order valence-corrected chi connectivity index (χ3v) is 3.85. The normalized spacial score (nSPS) is 20.7. The molecule has 6 nitrogen and oxygen atoms in total. The number of ether oxygens (including phenoxy) is 1. The van der Waals surface area contributed by atoms with E-state index in [-0.39, 0.29) is 37.4 Å². The summed E-state index contributed by atoms with van der Waals surface area (Å²) in [6.07, 6.45) is -0.451. The SMILES string of the molecule is Cc1ccc(C(=O)NCCC(=O)N(C)C2COCC2O)cc1. The van der Waals surface area contributed by atoms with Crippen LogP contribution >= 0.6 is 0 Å². The van der Waals surface area contributed by atoms with E-state index in [1.54, 1.807) is 19.2 Å². The second-order valence-electron chi connectivity index (χ2n) is 5.55. The molecule has 2 rings (SSSR count). The van der Waals surface area contributed by atoms with Crippen LogP contribution in [0.1, 0.15) is 22.3 Å². The van der Waals surface area contributed by atoms with Crippen molar-refractivity contribution in [2.75, 3.05) is 26.8 Å². The lowest BCUT2D eigenvalue weighted by atomic mass is 10.1. The van der Waals surface area contributed by atoms with Crippen molar-refractivity contribution in [1.29, 1.82) is 0 Å². The molecule has 1 saturated heterocycles. The van der Waals surface area contributed by atoms with Gasteiger partial charge in [0.15, 0.2) is 0 Å².